The summed E-state index contributed by atoms with van der Waals surface area (Å²) in [7, 11) is 0. The van der Waals surface area contributed by atoms with Gasteiger partial charge in [-0.05, 0) is 11.4 Å². The van der Waals surface area contributed by atoms with Crippen molar-refractivity contribution in [2.24, 2.45) is 0 Å². The molecule has 0 aliphatic heterocycles. The molecule has 0 saturated carbocycles. The van der Waals surface area contributed by atoms with Crippen LogP contribution in [-0.2, 0) is 5.41 Å². The molecule has 0 saturated heterocycles. The SMILES string of the molecule is CC(C)(CBr)c1sccc1Cl. The number of halogens is 2. The number of alkyl halides is 1. The summed E-state index contributed by atoms with van der Waals surface area (Å²) in [5.74, 6) is 0. The number of hydrogen-bond donors (Lipinski definition) is 0. The van der Waals surface area contributed by atoms with Crippen molar-refractivity contribution in [3.63, 3.8) is 0 Å². The molecule has 0 nitrogen and oxygen atoms in total. The molecular formula is C8H10BrClS. The van der Waals surface area contributed by atoms with Gasteiger partial charge in [-0.2, -0.15) is 0 Å². The first-order valence-electron chi connectivity index (χ1n) is 3.37. The van der Waals surface area contributed by atoms with Crippen LogP contribution in [0.3, 0.4) is 0 Å². The minimum absolute atomic E-state index is 0.158. The van der Waals surface area contributed by atoms with Gasteiger partial charge in [-0.1, -0.05) is 41.4 Å². The van der Waals surface area contributed by atoms with Crippen LogP contribution in [0.4, 0.5) is 0 Å². The Morgan fingerprint density at radius 2 is 2.27 bits per heavy atom. The van der Waals surface area contributed by atoms with E-state index in [-0.39, 0.29) is 5.41 Å². The molecule has 0 atom stereocenters. The molecule has 0 unspecified atom stereocenters. The van der Waals surface area contributed by atoms with Gasteiger partial charge in [-0.25, -0.2) is 0 Å². The largest absolute Gasteiger partial charge is 0.147 e. The number of thiophene rings is 1. The van der Waals surface area contributed by atoms with Gasteiger partial charge in [-0.3, -0.25) is 0 Å². The Bertz CT molecular complexity index is 242. The Hall–Kier alpha value is 0.470. The van der Waals surface area contributed by atoms with Crippen molar-refractivity contribution in [2.45, 2.75) is 19.3 Å². The van der Waals surface area contributed by atoms with Crippen LogP contribution in [-0.4, -0.2) is 5.33 Å². The van der Waals surface area contributed by atoms with Gasteiger partial charge in [0.05, 0.1) is 5.02 Å². The van der Waals surface area contributed by atoms with Crippen LogP contribution >= 0.6 is 38.9 Å². The Morgan fingerprint density at radius 1 is 1.64 bits per heavy atom. The monoisotopic (exact) mass is 252 g/mol. The summed E-state index contributed by atoms with van der Waals surface area (Å²) >= 11 is 11.2. The standard InChI is InChI=1S/C8H10BrClS/c1-8(2,5-9)7-6(10)3-4-11-7/h3-4H,5H2,1-2H3. The van der Waals surface area contributed by atoms with Crippen molar-refractivity contribution in [3.8, 4) is 0 Å². The molecule has 11 heavy (non-hydrogen) atoms. The zero-order chi connectivity index (χ0) is 8.48. The van der Waals surface area contributed by atoms with E-state index in [1.54, 1.807) is 11.3 Å². The highest BCUT2D eigenvalue weighted by atomic mass is 79.9. The van der Waals surface area contributed by atoms with E-state index in [4.69, 9.17) is 11.6 Å². The molecule has 1 aromatic rings. The molecule has 1 aromatic heterocycles. The van der Waals surface area contributed by atoms with Crippen LogP contribution in [0.1, 0.15) is 18.7 Å². The fraction of sp³-hybridized carbons (Fsp3) is 0.500. The Labute approximate surface area is 84.7 Å². The lowest BCUT2D eigenvalue weighted by Crippen LogP contribution is -2.17. The molecule has 1 heterocycles. The van der Waals surface area contributed by atoms with E-state index in [0.29, 0.717) is 0 Å². The second kappa shape index (κ2) is 3.46. The van der Waals surface area contributed by atoms with Crippen molar-refractivity contribution in [2.75, 3.05) is 5.33 Å². The molecule has 0 spiro atoms. The minimum Gasteiger partial charge on any atom is -0.147 e. The zero-order valence-corrected chi connectivity index (χ0v) is 9.68. The van der Waals surface area contributed by atoms with Crippen molar-refractivity contribution in [1.29, 1.82) is 0 Å². The maximum atomic E-state index is 5.99. The van der Waals surface area contributed by atoms with Crippen LogP contribution in [0.15, 0.2) is 11.4 Å². The maximum absolute atomic E-state index is 5.99. The highest BCUT2D eigenvalue weighted by Crippen LogP contribution is 2.35. The molecule has 0 aliphatic carbocycles. The van der Waals surface area contributed by atoms with Gasteiger partial charge in [0, 0.05) is 15.6 Å². The predicted octanol–water partition coefficient (Wildman–Crippen LogP) is 4.07. The fourth-order valence-corrected chi connectivity index (χ4v) is 2.74. The topological polar surface area (TPSA) is 0 Å². The number of hydrogen-bond acceptors (Lipinski definition) is 1. The summed E-state index contributed by atoms with van der Waals surface area (Å²) < 4.78 is 0. The molecule has 0 bridgehead atoms. The van der Waals surface area contributed by atoms with E-state index in [2.05, 4.69) is 29.8 Å². The molecular weight excluding hydrogens is 244 g/mol. The molecule has 0 radical (unpaired) electrons. The second-order valence-corrected chi connectivity index (χ2v) is 5.00. The zero-order valence-electron chi connectivity index (χ0n) is 6.53. The predicted molar refractivity (Wildman–Crippen MR) is 56.1 cm³/mol. The third kappa shape index (κ3) is 1.98. The summed E-state index contributed by atoms with van der Waals surface area (Å²) in [4.78, 5) is 1.26. The van der Waals surface area contributed by atoms with Crippen LogP contribution in [0.5, 0.6) is 0 Å². The number of rotatable bonds is 2. The molecule has 3 heteroatoms. The van der Waals surface area contributed by atoms with E-state index in [1.807, 2.05) is 11.4 Å². The molecule has 0 aromatic carbocycles. The molecule has 0 aliphatic rings. The maximum Gasteiger partial charge on any atom is 0.0550 e. The van der Waals surface area contributed by atoms with Gasteiger partial charge in [0.25, 0.3) is 0 Å². The third-order valence-electron chi connectivity index (χ3n) is 1.57. The highest BCUT2D eigenvalue weighted by molar-refractivity contribution is 9.09. The van der Waals surface area contributed by atoms with Gasteiger partial charge >= 0.3 is 0 Å². The van der Waals surface area contributed by atoms with Crippen molar-refractivity contribution < 1.29 is 0 Å². The Balaban J connectivity index is 3.00. The third-order valence-corrected chi connectivity index (χ3v) is 4.68. The summed E-state index contributed by atoms with van der Waals surface area (Å²) in [5.41, 5.74) is 0.158. The average Bonchev–Trinajstić information content (AvgIpc) is 2.36. The first kappa shape index (κ1) is 9.56. The van der Waals surface area contributed by atoms with E-state index in [9.17, 15) is 0 Å². The summed E-state index contributed by atoms with van der Waals surface area (Å²) in [6, 6.07) is 1.95. The van der Waals surface area contributed by atoms with Gasteiger partial charge in [-0.15, -0.1) is 11.3 Å². The Morgan fingerprint density at radius 3 is 2.64 bits per heavy atom. The quantitative estimate of drug-likeness (QED) is 0.697. The molecule has 62 valence electrons. The first-order valence-corrected chi connectivity index (χ1v) is 5.75. The van der Waals surface area contributed by atoms with Gasteiger partial charge in [0.1, 0.15) is 0 Å². The van der Waals surface area contributed by atoms with Crippen LogP contribution < -0.4 is 0 Å². The van der Waals surface area contributed by atoms with Crippen molar-refractivity contribution in [3.05, 3.63) is 21.3 Å². The van der Waals surface area contributed by atoms with Gasteiger partial charge < -0.3 is 0 Å². The van der Waals surface area contributed by atoms with Crippen LogP contribution in [0.2, 0.25) is 5.02 Å². The minimum atomic E-state index is 0.158. The van der Waals surface area contributed by atoms with E-state index in [1.165, 1.54) is 4.88 Å². The highest BCUT2D eigenvalue weighted by Gasteiger charge is 2.22. The lowest BCUT2D eigenvalue weighted by atomic mass is 9.95. The molecule has 0 fully saturated rings. The fourth-order valence-electron chi connectivity index (χ4n) is 0.837. The molecule has 0 N–H and O–H groups in total. The molecule has 1 rings (SSSR count). The smallest absolute Gasteiger partial charge is 0.0550 e. The van der Waals surface area contributed by atoms with Gasteiger partial charge in [0.2, 0.25) is 0 Å². The van der Waals surface area contributed by atoms with Gasteiger partial charge in [0.15, 0.2) is 0 Å². The lowest BCUT2D eigenvalue weighted by Gasteiger charge is -2.20. The average molecular weight is 254 g/mol. The summed E-state index contributed by atoms with van der Waals surface area (Å²) in [5, 5.41) is 3.86. The first-order chi connectivity index (χ1) is 5.08. The van der Waals surface area contributed by atoms with Crippen LogP contribution in [0, 0.1) is 0 Å². The van der Waals surface area contributed by atoms with E-state index < -0.39 is 0 Å². The van der Waals surface area contributed by atoms with Crippen molar-refractivity contribution >= 4 is 38.9 Å². The van der Waals surface area contributed by atoms with Crippen molar-refractivity contribution in [1.82, 2.24) is 0 Å². The van der Waals surface area contributed by atoms with E-state index in [0.717, 1.165) is 10.4 Å². The normalized spacial score (nSPS) is 12.0. The molecule has 0 amide bonds. The second-order valence-electron chi connectivity index (χ2n) is 3.12. The lowest BCUT2D eigenvalue weighted by molar-refractivity contribution is 0.621. The van der Waals surface area contributed by atoms with Crippen LogP contribution in [0.25, 0.3) is 0 Å². The Kier molecular flexibility index (Phi) is 3.01. The van der Waals surface area contributed by atoms with E-state index >= 15 is 0 Å². The summed E-state index contributed by atoms with van der Waals surface area (Å²) in [6.45, 7) is 4.36. The summed E-state index contributed by atoms with van der Waals surface area (Å²) in [6.07, 6.45) is 0.